The van der Waals surface area contributed by atoms with Crippen LogP contribution in [0.5, 0.6) is 0 Å². The Morgan fingerprint density at radius 1 is 0.318 bits per heavy atom. The Kier molecular flexibility index (Phi) is 35.5. The van der Waals surface area contributed by atoms with Gasteiger partial charge in [-0.05, 0) is 31.6 Å². The van der Waals surface area contributed by atoms with Gasteiger partial charge in [0.05, 0.1) is 0 Å². The molecule has 0 fully saturated rings. The summed E-state index contributed by atoms with van der Waals surface area (Å²) >= 11 is 0. The zero-order valence-corrected chi connectivity index (χ0v) is 29.2. The number of hydrogen-bond acceptors (Lipinski definition) is 3. The molecule has 0 heterocycles. The Morgan fingerprint density at radius 3 is 0.682 bits per heavy atom. The van der Waals surface area contributed by atoms with E-state index >= 15 is 0 Å². The second kappa shape index (κ2) is 36.4. The van der Waals surface area contributed by atoms with Crippen molar-refractivity contribution in [2.45, 2.75) is 225 Å². The van der Waals surface area contributed by atoms with Gasteiger partial charge in [0.25, 0.3) is 0 Å². The summed E-state index contributed by atoms with van der Waals surface area (Å²) in [5.74, 6) is -0.799. The van der Waals surface area contributed by atoms with Gasteiger partial charge in [0, 0.05) is 19.4 Å². The van der Waals surface area contributed by atoms with E-state index in [2.05, 4.69) is 0 Å². The van der Waals surface area contributed by atoms with E-state index in [1.807, 2.05) is 0 Å². The van der Waals surface area contributed by atoms with Crippen molar-refractivity contribution in [2.75, 3.05) is 6.61 Å². The van der Waals surface area contributed by atoms with Crippen molar-refractivity contribution in [2.24, 2.45) is 5.92 Å². The first-order valence-electron chi connectivity index (χ1n) is 19.6. The molecule has 0 aliphatic heterocycles. The molecule has 1 unspecified atom stereocenters. The second-order valence-corrected chi connectivity index (χ2v) is 13.9. The van der Waals surface area contributed by atoms with Crippen molar-refractivity contribution in [3.8, 4) is 0 Å². The summed E-state index contributed by atoms with van der Waals surface area (Å²) in [4.78, 5) is 21.0. The van der Waals surface area contributed by atoms with Gasteiger partial charge in [0.2, 0.25) is 0 Å². The Balaban J connectivity index is 3.26. The number of carboxylic acids is 2. The predicted octanol–water partition coefficient (Wildman–Crippen LogP) is 12.4. The van der Waals surface area contributed by atoms with Gasteiger partial charge in [0.1, 0.15) is 0 Å². The fraction of sp³-hybridized carbons (Fsp3) is 0.949. The quantitative estimate of drug-likeness (QED) is 0.0594. The minimum absolute atomic E-state index is 0.329. The maximum Gasteiger partial charge on any atom is 0.303 e. The summed E-state index contributed by atoms with van der Waals surface area (Å²) in [6.45, 7) is 0.373. The minimum atomic E-state index is -0.662. The van der Waals surface area contributed by atoms with Gasteiger partial charge in [-0.2, -0.15) is 0 Å². The fourth-order valence-electron chi connectivity index (χ4n) is 6.52. The van der Waals surface area contributed by atoms with Gasteiger partial charge in [-0.3, -0.25) is 9.59 Å². The maximum atomic E-state index is 10.5. The van der Waals surface area contributed by atoms with E-state index in [1.54, 1.807) is 0 Å². The molecule has 0 aromatic rings. The van der Waals surface area contributed by atoms with E-state index in [0.717, 1.165) is 25.7 Å². The van der Waals surface area contributed by atoms with Crippen LogP contribution < -0.4 is 0 Å². The number of aliphatic hydroxyl groups excluding tert-OH is 1. The molecule has 0 aromatic heterocycles. The normalized spacial score (nSPS) is 12.1. The molecular formula is C39H76O5. The van der Waals surface area contributed by atoms with E-state index in [4.69, 9.17) is 10.2 Å². The van der Waals surface area contributed by atoms with Crippen LogP contribution in [0.1, 0.15) is 225 Å². The van der Waals surface area contributed by atoms with Crippen molar-refractivity contribution in [1.29, 1.82) is 0 Å². The largest absolute Gasteiger partial charge is 0.481 e. The second-order valence-electron chi connectivity index (χ2n) is 13.9. The molecule has 0 rings (SSSR count). The first-order chi connectivity index (χ1) is 21.6. The van der Waals surface area contributed by atoms with Crippen LogP contribution in [-0.4, -0.2) is 33.9 Å². The van der Waals surface area contributed by atoms with Gasteiger partial charge >= 0.3 is 11.9 Å². The lowest BCUT2D eigenvalue weighted by atomic mass is 9.94. The average molecular weight is 625 g/mol. The SMILES string of the molecule is O=C(O)CCCCCCCCCCCCCCCCCCC(CO)CCCCCCCCCCCCCCCCCC(=O)O. The highest BCUT2D eigenvalue weighted by molar-refractivity contribution is 5.66. The molecule has 0 aliphatic rings. The molecule has 3 N–H and O–H groups in total. The number of carboxylic acid groups (broad SMARTS) is 2. The molecule has 0 bridgehead atoms. The molecule has 0 amide bonds. The number of rotatable bonds is 38. The number of unbranched alkanes of at least 4 members (excludes halogenated alkanes) is 29. The summed E-state index contributed by atoms with van der Waals surface area (Å²) < 4.78 is 0. The van der Waals surface area contributed by atoms with Crippen LogP contribution in [0.4, 0.5) is 0 Å². The average Bonchev–Trinajstić information content (AvgIpc) is 3.00. The number of aliphatic carboxylic acids is 2. The lowest BCUT2D eigenvalue weighted by molar-refractivity contribution is -0.138. The molecule has 5 nitrogen and oxygen atoms in total. The maximum absolute atomic E-state index is 10.5. The van der Waals surface area contributed by atoms with Gasteiger partial charge in [0.15, 0.2) is 0 Å². The van der Waals surface area contributed by atoms with Crippen LogP contribution in [0.2, 0.25) is 0 Å². The van der Waals surface area contributed by atoms with E-state index in [0.29, 0.717) is 25.4 Å². The lowest BCUT2D eigenvalue weighted by Gasteiger charge is -2.13. The third kappa shape index (κ3) is 37.1. The van der Waals surface area contributed by atoms with Crippen molar-refractivity contribution in [1.82, 2.24) is 0 Å². The van der Waals surface area contributed by atoms with Crippen LogP contribution in [0, 0.1) is 5.92 Å². The molecule has 0 saturated heterocycles. The molecular weight excluding hydrogens is 548 g/mol. The van der Waals surface area contributed by atoms with E-state index in [1.165, 1.54) is 186 Å². The van der Waals surface area contributed by atoms with Crippen molar-refractivity contribution >= 4 is 11.9 Å². The fourth-order valence-corrected chi connectivity index (χ4v) is 6.52. The molecule has 0 saturated carbocycles. The monoisotopic (exact) mass is 625 g/mol. The zero-order chi connectivity index (χ0) is 32.2. The molecule has 1 atom stereocenters. The standard InChI is InChI=1S/C39H76O5/c40-36-37(33-29-25-21-17-13-9-5-3-7-11-15-19-23-27-31-35-39(43)44)32-28-24-20-16-12-8-4-1-2-6-10-14-18-22-26-30-34-38(41)42/h37,40H,1-36H2,(H,41,42)(H,43,44). The highest BCUT2D eigenvalue weighted by Crippen LogP contribution is 2.20. The summed E-state index contributed by atoms with van der Waals surface area (Å²) in [6.07, 6.45) is 43.0. The first kappa shape index (κ1) is 42.9. The van der Waals surface area contributed by atoms with Crippen molar-refractivity contribution in [3.63, 3.8) is 0 Å². The molecule has 0 spiro atoms. The molecule has 0 aliphatic carbocycles. The summed E-state index contributed by atoms with van der Waals surface area (Å²) in [5.41, 5.74) is 0. The van der Waals surface area contributed by atoms with E-state index < -0.39 is 11.9 Å². The third-order valence-corrected chi connectivity index (χ3v) is 9.51. The predicted molar refractivity (Wildman–Crippen MR) is 187 cm³/mol. The van der Waals surface area contributed by atoms with E-state index in [9.17, 15) is 14.7 Å². The van der Waals surface area contributed by atoms with Gasteiger partial charge in [-0.25, -0.2) is 0 Å². The summed E-state index contributed by atoms with van der Waals surface area (Å²) in [5, 5.41) is 27.1. The Morgan fingerprint density at radius 2 is 0.500 bits per heavy atom. The Bertz CT molecular complexity index is 593. The molecule has 0 radical (unpaired) electrons. The topological polar surface area (TPSA) is 94.8 Å². The molecule has 5 heteroatoms. The Labute approximate surface area is 273 Å². The van der Waals surface area contributed by atoms with Crippen LogP contribution >= 0.6 is 0 Å². The van der Waals surface area contributed by atoms with Crippen LogP contribution in [0.25, 0.3) is 0 Å². The molecule has 0 aromatic carbocycles. The third-order valence-electron chi connectivity index (χ3n) is 9.51. The lowest BCUT2D eigenvalue weighted by Crippen LogP contribution is -2.06. The van der Waals surface area contributed by atoms with Crippen LogP contribution in [-0.2, 0) is 9.59 Å². The number of aliphatic hydroxyl groups is 1. The van der Waals surface area contributed by atoms with Crippen molar-refractivity contribution < 1.29 is 24.9 Å². The van der Waals surface area contributed by atoms with E-state index in [-0.39, 0.29) is 0 Å². The van der Waals surface area contributed by atoms with Crippen LogP contribution in [0.15, 0.2) is 0 Å². The smallest absolute Gasteiger partial charge is 0.303 e. The van der Waals surface area contributed by atoms with Gasteiger partial charge in [-0.1, -0.05) is 186 Å². The number of carbonyl (C=O) groups is 2. The number of hydrogen-bond donors (Lipinski definition) is 3. The minimum Gasteiger partial charge on any atom is -0.481 e. The molecule has 262 valence electrons. The van der Waals surface area contributed by atoms with Gasteiger partial charge in [-0.15, -0.1) is 0 Å². The van der Waals surface area contributed by atoms with Crippen molar-refractivity contribution in [3.05, 3.63) is 0 Å². The van der Waals surface area contributed by atoms with Gasteiger partial charge < -0.3 is 15.3 Å². The van der Waals surface area contributed by atoms with Crippen LogP contribution in [0.3, 0.4) is 0 Å². The zero-order valence-electron chi connectivity index (χ0n) is 29.2. The Hall–Kier alpha value is -1.10. The summed E-state index contributed by atoms with van der Waals surface area (Å²) in [6, 6.07) is 0. The first-order valence-corrected chi connectivity index (χ1v) is 19.6. The summed E-state index contributed by atoms with van der Waals surface area (Å²) in [7, 11) is 0. The molecule has 44 heavy (non-hydrogen) atoms. The highest BCUT2D eigenvalue weighted by atomic mass is 16.4. The highest BCUT2D eigenvalue weighted by Gasteiger charge is 2.07.